The first-order valence-electron chi connectivity index (χ1n) is 12.0. The predicted octanol–water partition coefficient (Wildman–Crippen LogP) is 3.11. The molecule has 8 heteroatoms. The number of carboxylic acid groups (broad SMARTS) is 1. The number of likely N-dealkylation sites (tertiary alicyclic amines) is 1. The topological polar surface area (TPSA) is 105 Å². The van der Waals surface area contributed by atoms with Gasteiger partial charge < -0.3 is 24.8 Å². The van der Waals surface area contributed by atoms with Crippen LogP contribution in [0.4, 0.5) is 4.79 Å². The quantitative estimate of drug-likeness (QED) is 0.604. The Hall–Kier alpha value is -3.39. The van der Waals surface area contributed by atoms with Gasteiger partial charge in [0.25, 0.3) is 0 Å². The summed E-state index contributed by atoms with van der Waals surface area (Å²) in [6.07, 6.45) is 0.580. The predicted molar refractivity (Wildman–Crippen MR) is 128 cm³/mol. The highest BCUT2D eigenvalue weighted by molar-refractivity contribution is 5.84. The molecule has 2 amide bonds. The Bertz CT molecular complexity index is 1100. The maximum Gasteiger partial charge on any atom is 0.407 e. The molecule has 0 spiro atoms. The molecule has 2 aromatic rings. The number of carbonyl (C=O) groups is 3. The van der Waals surface area contributed by atoms with Crippen molar-refractivity contribution in [3.05, 3.63) is 59.7 Å². The van der Waals surface area contributed by atoms with Gasteiger partial charge in [-0.2, -0.15) is 0 Å². The number of aliphatic carboxylic acids is 1. The second-order valence-corrected chi connectivity index (χ2v) is 9.84. The molecule has 3 aliphatic rings. The molecule has 0 bridgehead atoms. The van der Waals surface area contributed by atoms with Crippen molar-refractivity contribution < 1.29 is 29.0 Å². The number of nitrogens with zero attached hydrogens (tertiary/aromatic N) is 1. The van der Waals surface area contributed by atoms with E-state index in [4.69, 9.17) is 9.47 Å². The first kappa shape index (κ1) is 23.4. The van der Waals surface area contributed by atoms with E-state index in [9.17, 15) is 19.5 Å². The normalized spacial score (nSPS) is 24.5. The average Bonchev–Trinajstić information content (AvgIpc) is 3.40. The van der Waals surface area contributed by atoms with Crippen molar-refractivity contribution in [1.29, 1.82) is 0 Å². The summed E-state index contributed by atoms with van der Waals surface area (Å²) in [6, 6.07) is 16.4. The number of carboxylic acids is 1. The first-order chi connectivity index (χ1) is 16.9. The fourth-order valence-electron chi connectivity index (χ4n) is 5.56. The second kappa shape index (κ2) is 9.34. The number of alkyl carbamates (subject to hydrolysis) is 1. The molecule has 0 radical (unpaired) electrons. The zero-order chi connectivity index (χ0) is 24.6. The van der Waals surface area contributed by atoms with Crippen LogP contribution in [0, 0.1) is 17.3 Å². The lowest BCUT2D eigenvalue weighted by molar-refractivity contribution is -0.151. The van der Waals surface area contributed by atoms with Gasteiger partial charge >= 0.3 is 12.1 Å². The fraction of sp³-hybridized carbons (Fsp3) is 0.444. The fourth-order valence-corrected chi connectivity index (χ4v) is 5.56. The van der Waals surface area contributed by atoms with Crippen molar-refractivity contribution in [3.8, 4) is 11.1 Å². The minimum Gasteiger partial charge on any atom is -0.481 e. The van der Waals surface area contributed by atoms with Gasteiger partial charge in [0.2, 0.25) is 5.91 Å². The molecular formula is C27H30N2O6. The second-order valence-electron chi connectivity index (χ2n) is 9.84. The molecule has 1 heterocycles. The lowest BCUT2D eigenvalue weighted by Crippen LogP contribution is -2.40. The summed E-state index contributed by atoms with van der Waals surface area (Å²) in [7, 11) is 1.47. The number of amides is 2. The smallest absolute Gasteiger partial charge is 0.407 e. The molecule has 2 fully saturated rings. The van der Waals surface area contributed by atoms with E-state index in [0.717, 1.165) is 11.1 Å². The van der Waals surface area contributed by atoms with Crippen LogP contribution in [0.2, 0.25) is 0 Å². The third-order valence-corrected chi connectivity index (χ3v) is 7.63. The Labute approximate surface area is 204 Å². The Kier molecular flexibility index (Phi) is 6.23. The maximum absolute atomic E-state index is 12.9. The monoisotopic (exact) mass is 478 g/mol. The number of benzene rings is 2. The van der Waals surface area contributed by atoms with E-state index in [1.54, 1.807) is 4.90 Å². The number of rotatable bonds is 8. The minimum atomic E-state index is -1.03. The van der Waals surface area contributed by atoms with Gasteiger partial charge in [-0.25, -0.2) is 4.79 Å². The zero-order valence-electron chi connectivity index (χ0n) is 19.7. The summed E-state index contributed by atoms with van der Waals surface area (Å²) in [5.74, 6) is -1.11. The lowest BCUT2D eigenvalue weighted by Gasteiger charge is -2.24. The molecule has 2 N–H and O–H groups in total. The van der Waals surface area contributed by atoms with E-state index in [1.807, 2.05) is 24.3 Å². The largest absolute Gasteiger partial charge is 0.481 e. The molecule has 5 rings (SSSR count). The van der Waals surface area contributed by atoms with Crippen molar-refractivity contribution >= 4 is 18.0 Å². The SMILES string of the molecule is COCC1(C(=O)O)CCN(C(=O)C2CC2CNC(=O)OCC2c3ccccc3-c3ccccc32)C1. The van der Waals surface area contributed by atoms with Gasteiger partial charge in [-0.05, 0) is 41.0 Å². The summed E-state index contributed by atoms with van der Waals surface area (Å²) in [6.45, 7) is 1.28. The van der Waals surface area contributed by atoms with Crippen LogP contribution in [-0.2, 0) is 19.1 Å². The van der Waals surface area contributed by atoms with Crippen molar-refractivity contribution in [2.45, 2.75) is 18.8 Å². The van der Waals surface area contributed by atoms with E-state index in [1.165, 1.54) is 18.2 Å². The van der Waals surface area contributed by atoms with E-state index in [0.29, 0.717) is 25.9 Å². The van der Waals surface area contributed by atoms with Gasteiger partial charge in [0.1, 0.15) is 12.0 Å². The molecule has 3 atom stereocenters. The highest BCUT2D eigenvalue weighted by Crippen LogP contribution is 2.45. The molecule has 8 nitrogen and oxygen atoms in total. The van der Waals surface area contributed by atoms with Crippen LogP contribution in [0.5, 0.6) is 0 Å². The Morgan fingerprint density at radius 1 is 1.09 bits per heavy atom. The maximum atomic E-state index is 12.9. The van der Waals surface area contributed by atoms with Gasteiger partial charge in [-0.15, -0.1) is 0 Å². The van der Waals surface area contributed by atoms with Crippen LogP contribution in [0.15, 0.2) is 48.5 Å². The van der Waals surface area contributed by atoms with Crippen molar-refractivity contribution in [3.63, 3.8) is 0 Å². The summed E-state index contributed by atoms with van der Waals surface area (Å²) >= 11 is 0. The van der Waals surface area contributed by atoms with Crippen LogP contribution < -0.4 is 5.32 Å². The van der Waals surface area contributed by atoms with E-state index < -0.39 is 17.5 Å². The molecule has 1 saturated heterocycles. The van der Waals surface area contributed by atoms with Gasteiger partial charge in [-0.3, -0.25) is 9.59 Å². The van der Waals surface area contributed by atoms with E-state index in [2.05, 4.69) is 29.6 Å². The number of methoxy groups -OCH3 is 1. The Balaban J connectivity index is 1.10. The molecule has 1 saturated carbocycles. The number of ether oxygens (including phenoxy) is 2. The van der Waals surface area contributed by atoms with Crippen molar-refractivity contribution in [2.24, 2.45) is 17.3 Å². The van der Waals surface area contributed by atoms with Crippen LogP contribution in [0.3, 0.4) is 0 Å². The van der Waals surface area contributed by atoms with Gasteiger partial charge in [0.15, 0.2) is 0 Å². The molecular weight excluding hydrogens is 448 g/mol. The highest BCUT2D eigenvalue weighted by atomic mass is 16.5. The van der Waals surface area contributed by atoms with Gasteiger partial charge in [0.05, 0.1) is 6.61 Å². The van der Waals surface area contributed by atoms with Crippen molar-refractivity contribution in [2.75, 3.05) is 40.0 Å². The van der Waals surface area contributed by atoms with E-state index in [-0.39, 0.29) is 43.4 Å². The zero-order valence-corrected chi connectivity index (χ0v) is 19.7. The minimum absolute atomic E-state index is 0.000157. The number of hydrogen-bond donors (Lipinski definition) is 2. The number of fused-ring (bicyclic) bond motifs is 3. The van der Waals surface area contributed by atoms with Crippen LogP contribution in [0.25, 0.3) is 11.1 Å². The van der Waals surface area contributed by atoms with Crippen LogP contribution in [-0.4, -0.2) is 67.9 Å². The summed E-state index contributed by atoms with van der Waals surface area (Å²) in [5.41, 5.74) is 3.64. The molecule has 0 aromatic heterocycles. The Morgan fingerprint density at radius 3 is 2.37 bits per heavy atom. The Morgan fingerprint density at radius 2 is 1.74 bits per heavy atom. The third kappa shape index (κ3) is 4.38. The highest BCUT2D eigenvalue weighted by Gasteiger charge is 2.51. The van der Waals surface area contributed by atoms with Gasteiger partial charge in [0, 0.05) is 38.6 Å². The molecule has 2 aromatic carbocycles. The first-order valence-corrected chi connectivity index (χ1v) is 12.0. The standard InChI is InChI=1S/C27H30N2O6/c1-34-16-27(25(31)32)10-11-29(15-27)24(30)22-12-17(22)13-28-26(33)35-14-23-20-8-4-2-6-18(20)19-7-3-5-9-21(19)23/h2-9,17,22-23H,10-16H2,1H3,(H,28,33)(H,31,32). The average molecular weight is 479 g/mol. The molecule has 3 unspecified atom stereocenters. The lowest BCUT2D eigenvalue weighted by atomic mass is 9.88. The van der Waals surface area contributed by atoms with Crippen molar-refractivity contribution in [1.82, 2.24) is 10.2 Å². The van der Waals surface area contributed by atoms with Crippen LogP contribution >= 0.6 is 0 Å². The number of nitrogens with one attached hydrogen (secondary N) is 1. The van der Waals surface area contributed by atoms with Gasteiger partial charge in [-0.1, -0.05) is 48.5 Å². The summed E-state index contributed by atoms with van der Waals surface area (Å²) in [5, 5.41) is 12.4. The number of hydrogen-bond acceptors (Lipinski definition) is 5. The molecule has 2 aliphatic carbocycles. The van der Waals surface area contributed by atoms with Crippen LogP contribution in [0.1, 0.15) is 29.9 Å². The molecule has 184 valence electrons. The molecule has 1 aliphatic heterocycles. The number of carbonyl (C=O) groups excluding carboxylic acids is 2. The molecule has 35 heavy (non-hydrogen) atoms. The van der Waals surface area contributed by atoms with E-state index >= 15 is 0 Å². The summed E-state index contributed by atoms with van der Waals surface area (Å²) in [4.78, 5) is 38.6. The summed E-state index contributed by atoms with van der Waals surface area (Å²) < 4.78 is 10.7. The third-order valence-electron chi connectivity index (χ3n) is 7.63.